The Bertz CT molecular complexity index is 191. The molecular formula is C9H18O2P+. The van der Waals surface area contributed by atoms with E-state index in [1.165, 1.54) is 0 Å². The highest BCUT2D eigenvalue weighted by molar-refractivity contribution is 7.74. The van der Waals surface area contributed by atoms with Crippen LogP contribution in [0.3, 0.4) is 0 Å². The number of esters is 1. The molecule has 3 heteroatoms. The van der Waals surface area contributed by atoms with Crippen LogP contribution in [0.1, 0.15) is 13.8 Å². The van der Waals surface area contributed by atoms with E-state index in [-0.39, 0.29) is 11.8 Å². The summed E-state index contributed by atoms with van der Waals surface area (Å²) in [7, 11) is -1.08. The SMILES string of the molecule is C=C(C)C(=O)OC(C)[P+](C)(C)C. The van der Waals surface area contributed by atoms with E-state index in [4.69, 9.17) is 4.74 Å². The molecule has 70 valence electrons. The van der Waals surface area contributed by atoms with Gasteiger partial charge < -0.3 is 4.74 Å². The maximum absolute atomic E-state index is 11.1. The van der Waals surface area contributed by atoms with Crippen molar-refractivity contribution in [2.75, 3.05) is 20.0 Å². The fraction of sp³-hybridized carbons (Fsp3) is 0.667. The molecule has 0 aromatic rings. The monoisotopic (exact) mass is 189 g/mol. The molecule has 0 radical (unpaired) electrons. The number of carbonyl (C=O) groups excluding carboxylic acids is 1. The molecule has 0 aliphatic rings. The summed E-state index contributed by atoms with van der Waals surface area (Å²) in [6.07, 6.45) is 0. The molecule has 12 heavy (non-hydrogen) atoms. The standard InChI is InChI=1S/C9H18O2P/c1-7(2)9(10)11-8(3)12(4,5)6/h8H,1H2,2-6H3/q+1. The van der Waals surface area contributed by atoms with Crippen molar-refractivity contribution in [3.63, 3.8) is 0 Å². The van der Waals surface area contributed by atoms with Crippen LogP contribution < -0.4 is 0 Å². The number of hydrogen-bond donors (Lipinski definition) is 0. The highest BCUT2D eigenvalue weighted by Gasteiger charge is 2.30. The summed E-state index contributed by atoms with van der Waals surface area (Å²) in [5, 5.41) is 0. The van der Waals surface area contributed by atoms with Gasteiger partial charge in [0.1, 0.15) is 0 Å². The normalized spacial score (nSPS) is 13.8. The number of ether oxygens (including phenoxy) is 1. The summed E-state index contributed by atoms with van der Waals surface area (Å²) in [5.41, 5.74) is 0.468. The maximum atomic E-state index is 11.1. The van der Waals surface area contributed by atoms with Crippen molar-refractivity contribution in [2.24, 2.45) is 0 Å². The third kappa shape index (κ3) is 3.87. The Labute approximate surface area is 75.3 Å². The van der Waals surface area contributed by atoms with Crippen LogP contribution in [-0.2, 0) is 9.53 Å². The molecule has 0 aromatic heterocycles. The van der Waals surface area contributed by atoms with Crippen LogP contribution in [0.15, 0.2) is 12.2 Å². The van der Waals surface area contributed by atoms with Crippen LogP contribution >= 0.6 is 7.26 Å². The maximum Gasteiger partial charge on any atom is 0.336 e. The van der Waals surface area contributed by atoms with Crippen molar-refractivity contribution in [3.8, 4) is 0 Å². The minimum atomic E-state index is -1.08. The lowest BCUT2D eigenvalue weighted by molar-refractivity contribution is -0.140. The van der Waals surface area contributed by atoms with Gasteiger partial charge in [0.05, 0.1) is 20.0 Å². The molecule has 0 saturated carbocycles. The van der Waals surface area contributed by atoms with Crippen molar-refractivity contribution in [1.29, 1.82) is 0 Å². The van der Waals surface area contributed by atoms with Gasteiger partial charge in [0.25, 0.3) is 0 Å². The van der Waals surface area contributed by atoms with Crippen LogP contribution in [0.5, 0.6) is 0 Å². The zero-order valence-electron chi connectivity index (χ0n) is 8.55. The largest absolute Gasteiger partial charge is 0.425 e. The lowest BCUT2D eigenvalue weighted by Gasteiger charge is -2.20. The van der Waals surface area contributed by atoms with Crippen LogP contribution in [0.4, 0.5) is 0 Å². The summed E-state index contributed by atoms with van der Waals surface area (Å²) < 4.78 is 5.19. The number of carbonyl (C=O) groups is 1. The first-order valence-corrected chi connectivity index (χ1v) is 7.12. The first-order valence-electron chi connectivity index (χ1n) is 3.92. The minimum Gasteiger partial charge on any atom is -0.425 e. The minimum absolute atomic E-state index is 0.0294. The Morgan fingerprint density at radius 1 is 1.42 bits per heavy atom. The second kappa shape index (κ2) is 4.04. The molecule has 0 aliphatic carbocycles. The Morgan fingerprint density at radius 2 is 1.83 bits per heavy atom. The molecule has 0 bridgehead atoms. The van der Waals surface area contributed by atoms with E-state index in [9.17, 15) is 4.79 Å². The predicted molar refractivity (Wildman–Crippen MR) is 55.1 cm³/mol. The molecule has 0 amide bonds. The van der Waals surface area contributed by atoms with Crippen molar-refractivity contribution in [3.05, 3.63) is 12.2 Å². The fourth-order valence-electron chi connectivity index (χ4n) is 0.414. The zero-order chi connectivity index (χ0) is 9.94. The fourth-order valence-corrected chi connectivity index (χ4v) is 0.826. The molecule has 1 atom stereocenters. The van der Waals surface area contributed by atoms with E-state index in [1.54, 1.807) is 6.92 Å². The first kappa shape index (κ1) is 11.6. The van der Waals surface area contributed by atoms with Gasteiger partial charge >= 0.3 is 5.97 Å². The van der Waals surface area contributed by atoms with Gasteiger partial charge in [-0.1, -0.05) is 6.58 Å². The van der Waals surface area contributed by atoms with Crippen LogP contribution in [0.2, 0.25) is 0 Å². The van der Waals surface area contributed by atoms with Gasteiger partial charge in [-0.25, -0.2) is 4.79 Å². The van der Waals surface area contributed by atoms with Crippen LogP contribution in [0.25, 0.3) is 0 Å². The predicted octanol–water partition coefficient (Wildman–Crippen LogP) is 2.36. The summed E-state index contributed by atoms with van der Waals surface area (Å²) in [6.45, 7) is 13.6. The van der Waals surface area contributed by atoms with Crippen LogP contribution in [0, 0.1) is 0 Å². The molecule has 2 nitrogen and oxygen atoms in total. The van der Waals surface area contributed by atoms with Crippen molar-refractivity contribution in [2.45, 2.75) is 19.7 Å². The third-order valence-electron chi connectivity index (χ3n) is 1.72. The van der Waals surface area contributed by atoms with E-state index < -0.39 is 7.26 Å². The quantitative estimate of drug-likeness (QED) is 0.387. The Kier molecular flexibility index (Phi) is 3.92. The lowest BCUT2D eigenvalue weighted by Crippen LogP contribution is -2.17. The number of hydrogen-bond acceptors (Lipinski definition) is 2. The second-order valence-electron chi connectivity index (χ2n) is 3.90. The Balaban J connectivity index is 4.11. The first-order chi connectivity index (χ1) is 5.25. The van der Waals surface area contributed by atoms with E-state index in [0.717, 1.165) is 0 Å². The topological polar surface area (TPSA) is 26.3 Å². The summed E-state index contributed by atoms with van der Waals surface area (Å²) in [6, 6.07) is 0. The van der Waals surface area contributed by atoms with E-state index in [0.29, 0.717) is 5.57 Å². The Hall–Kier alpha value is -0.360. The second-order valence-corrected chi connectivity index (χ2v) is 8.86. The highest BCUT2D eigenvalue weighted by atomic mass is 31.2. The smallest absolute Gasteiger partial charge is 0.336 e. The van der Waals surface area contributed by atoms with Crippen molar-refractivity contribution >= 4 is 13.2 Å². The van der Waals surface area contributed by atoms with Gasteiger partial charge in [0, 0.05) is 19.8 Å². The molecule has 1 unspecified atom stereocenters. The van der Waals surface area contributed by atoms with Gasteiger partial charge in [-0.2, -0.15) is 0 Å². The van der Waals surface area contributed by atoms with Gasteiger partial charge in [0.15, 0.2) is 0 Å². The van der Waals surface area contributed by atoms with Gasteiger partial charge in [-0.05, 0) is 6.92 Å². The molecule has 0 aromatic carbocycles. The molecule has 0 rings (SSSR count). The molecule has 0 spiro atoms. The third-order valence-corrected chi connectivity index (χ3v) is 4.00. The summed E-state index contributed by atoms with van der Waals surface area (Å²) in [5.74, 6) is -0.251. The molecular weight excluding hydrogens is 171 g/mol. The lowest BCUT2D eigenvalue weighted by atomic mass is 10.4. The number of rotatable bonds is 3. The highest BCUT2D eigenvalue weighted by Crippen LogP contribution is 2.52. The van der Waals surface area contributed by atoms with Gasteiger partial charge in [-0.3, -0.25) is 0 Å². The molecule has 0 fully saturated rings. The van der Waals surface area contributed by atoms with Gasteiger partial charge in [-0.15, -0.1) is 0 Å². The zero-order valence-corrected chi connectivity index (χ0v) is 9.44. The van der Waals surface area contributed by atoms with E-state index in [2.05, 4.69) is 26.6 Å². The van der Waals surface area contributed by atoms with E-state index >= 15 is 0 Å². The molecule has 0 saturated heterocycles. The van der Waals surface area contributed by atoms with Crippen molar-refractivity contribution < 1.29 is 9.53 Å². The molecule has 0 heterocycles. The average Bonchev–Trinajstić information content (AvgIpc) is 1.85. The summed E-state index contributed by atoms with van der Waals surface area (Å²) in [4.78, 5) is 11.1. The summed E-state index contributed by atoms with van der Waals surface area (Å²) >= 11 is 0. The Morgan fingerprint density at radius 3 is 2.08 bits per heavy atom. The molecule has 0 aliphatic heterocycles. The van der Waals surface area contributed by atoms with E-state index in [1.807, 2.05) is 6.92 Å². The van der Waals surface area contributed by atoms with Crippen LogP contribution in [-0.4, -0.2) is 31.8 Å². The van der Waals surface area contributed by atoms with Crippen molar-refractivity contribution in [1.82, 2.24) is 0 Å². The molecule has 0 N–H and O–H groups in total. The van der Waals surface area contributed by atoms with Gasteiger partial charge in [0.2, 0.25) is 5.85 Å². The average molecular weight is 189 g/mol.